The molecule has 0 radical (unpaired) electrons. The van der Waals surface area contributed by atoms with Crippen molar-refractivity contribution >= 4 is 35.6 Å². The first-order chi connectivity index (χ1) is 15.9. The summed E-state index contributed by atoms with van der Waals surface area (Å²) in [6.07, 6.45) is 1.46. The van der Waals surface area contributed by atoms with Crippen molar-refractivity contribution in [1.82, 2.24) is 21.3 Å². The minimum Gasteiger partial charge on any atom is -0.480 e. The Bertz CT molecular complexity index is 777. The standard InChI is InChI=1S/C20H36N8O6/c1-10(2)15(18(32)27-13(19(33)34)9-14(21)29)28-17(31)12(6-4-8-25-20(22)23)26-16(30)11-5-3-7-24-11/h10-13,15,24H,3-9H2,1-2H3,(H2,21,29)(H,26,30)(H,27,32)(H,28,31)(H,33,34)(H4,22,23,25). The van der Waals surface area contributed by atoms with Crippen LogP contribution in [0.1, 0.15) is 46.0 Å². The topological polar surface area (TPSA) is 244 Å². The molecule has 1 fully saturated rings. The largest absolute Gasteiger partial charge is 0.480 e. The second-order valence-corrected chi connectivity index (χ2v) is 8.46. The summed E-state index contributed by atoms with van der Waals surface area (Å²) in [4.78, 5) is 64.6. The highest BCUT2D eigenvalue weighted by Gasteiger charge is 2.33. The number of hydrogen-bond donors (Lipinski definition) is 8. The van der Waals surface area contributed by atoms with E-state index in [-0.39, 0.29) is 24.8 Å². The number of nitrogens with one attached hydrogen (secondary N) is 4. The van der Waals surface area contributed by atoms with Gasteiger partial charge >= 0.3 is 5.97 Å². The zero-order valence-electron chi connectivity index (χ0n) is 19.5. The highest BCUT2D eigenvalue weighted by molar-refractivity contribution is 5.95. The van der Waals surface area contributed by atoms with E-state index in [0.29, 0.717) is 19.4 Å². The average Bonchev–Trinajstić information content (AvgIpc) is 3.27. The SMILES string of the molecule is CC(C)C(NC(=O)C(CCCN=C(N)N)NC(=O)C1CCCN1)C(=O)NC(CC(N)=O)C(=O)O. The van der Waals surface area contributed by atoms with Crippen molar-refractivity contribution in [2.45, 2.75) is 70.1 Å². The number of aliphatic carboxylic acids is 1. The fourth-order valence-corrected chi connectivity index (χ4v) is 3.40. The third-order valence-electron chi connectivity index (χ3n) is 5.22. The van der Waals surface area contributed by atoms with Gasteiger partial charge in [-0.1, -0.05) is 13.8 Å². The van der Waals surface area contributed by atoms with Crippen LogP contribution in [0.5, 0.6) is 0 Å². The van der Waals surface area contributed by atoms with Gasteiger partial charge in [-0.15, -0.1) is 0 Å². The van der Waals surface area contributed by atoms with Gasteiger partial charge in [0.25, 0.3) is 0 Å². The van der Waals surface area contributed by atoms with Crippen LogP contribution in [0.15, 0.2) is 4.99 Å². The highest BCUT2D eigenvalue weighted by Crippen LogP contribution is 2.09. The smallest absolute Gasteiger partial charge is 0.326 e. The molecule has 0 aromatic heterocycles. The lowest BCUT2D eigenvalue weighted by Crippen LogP contribution is -2.58. The molecule has 0 spiro atoms. The quantitative estimate of drug-likeness (QED) is 0.0704. The van der Waals surface area contributed by atoms with E-state index in [1.54, 1.807) is 13.8 Å². The molecule has 1 rings (SSSR count). The molecule has 14 nitrogen and oxygen atoms in total. The number of nitrogens with zero attached hydrogens (tertiary/aromatic N) is 1. The lowest BCUT2D eigenvalue weighted by molar-refractivity contribution is -0.144. The molecule has 14 heteroatoms. The van der Waals surface area contributed by atoms with Crippen LogP contribution in [-0.4, -0.2) is 77.9 Å². The Hall–Kier alpha value is -3.42. The van der Waals surface area contributed by atoms with Gasteiger partial charge in [-0.2, -0.15) is 0 Å². The third-order valence-corrected chi connectivity index (χ3v) is 5.22. The number of hydrogen-bond acceptors (Lipinski definition) is 7. The van der Waals surface area contributed by atoms with Gasteiger partial charge in [-0.05, 0) is 38.1 Å². The first-order valence-corrected chi connectivity index (χ1v) is 11.1. The van der Waals surface area contributed by atoms with Crippen LogP contribution in [0.2, 0.25) is 0 Å². The number of guanidine groups is 1. The molecule has 1 aliphatic rings. The van der Waals surface area contributed by atoms with Gasteiger partial charge in [0, 0.05) is 6.54 Å². The van der Waals surface area contributed by atoms with Crippen LogP contribution in [-0.2, 0) is 24.0 Å². The molecular weight excluding hydrogens is 448 g/mol. The van der Waals surface area contributed by atoms with E-state index in [1.807, 2.05) is 0 Å². The molecule has 4 atom stereocenters. The second-order valence-electron chi connectivity index (χ2n) is 8.46. The lowest BCUT2D eigenvalue weighted by Gasteiger charge is -2.27. The van der Waals surface area contributed by atoms with Crippen LogP contribution < -0.4 is 38.5 Å². The van der Waals surface area contributed by atoms with Crippen molar-refractivity contribution in [2.75, 3.05) is 13.1 Å². The number of rotatable bonds is 14. The molecule has 0 bridgehead atoms. The molecule has 0 aromatic carbocycles. The molecular formula is C20H36N8O6. The minimum absolute atomic E-state index is 0.0966. The Labute approximate surface area is 197 Å². The zero-order valence-corrected chi connectivity index (χ0v) is 19.5. The monoisotopic (exact) mass is 484 g/mol. The van der Waals surface area contributed by atoms with E-state index in [4.69, 9.17) is 17.2 Å². The molecule has 1 saturated heterocycles. The van der Waals surface area contributed by atoms with Crippen LogP contribution in [0.25, 0.3) is 0 Å². The fourth-order valence-electron chi connectivity index (χ4n) is 3.40. The summed E-state index contributed by atoms with van der Waals surface area (Å²) in [5.41, 5.74) is 15.7. The van der Waals surface area contributed by atoms with Crippen LogP contribution >= 0.6 is 0 Å². The number of primary amides is 1. The summed E-state index contributed by atoms with van der Waals surface area (Å²) >= 11 is 0. The number of nitrogens with two attached hydrogens (primary N) is 3. The predicted molar refractivity (Wildman–Crippen MR) is 123 cm³/mol. The molecule has 0 aromatic rings. The van der Waals surface area contributed by atoms with Crippen molar-refractivity contribution < 1.29 is 29.1 Å². The molecule has 1 aliphatic heterocycles. The maximum absolute atomic E-state index is 13.0. The Morgan fingerprint density at radius 2 is 1.71 bits per heavy atom. The lowest BCUT2D eigenvalue weighted by atomic mass is 10.0. The molecule has 34 heavy (non-hydrogen) atoms. The molecule has 192 valence electrons. The van der Waals surface area contributed by atoms with Crippen molar-refractivity contribution in [3.8, 4) is 0 Å². The predicted octanol–water partition coefficient (Wildman–Crippen LogP) is -3.14. The van der Waals surface area contributed by atoms with Gasteiger partial charge < -0.3 is 43.6 Å². The summed E-state index contributed by atoms with van der Waals surface area (Å²) < 4.78 is 0. The van der Waals surface area contributed by atoms with E-state index in [2.05, 4.69) is 26.3 Å². The van der Waals surface area contributed by atoms with Crippen molar-refractivity contribution in [3.05, 3.63) is 0 Å². The van der Waals surface area contributed by atoms with Gasteiger partial charge in [-0.25, -0.2) is 4.79 Å². The minimum atomic E-state index is -1.54. The first-order valence-electron chi connectivity index (χ1n) is 11.1. The third kappa shape index (κ3) is 10.0. The number of carbonyl (C=O) groups is 5. The van der Waals surface area contributed by atoms with Crippen molar-refractivity contribution in [3.63, 3.8) is 0 Å². The van der Waals surface area contributed by atoms with Crippen LogP contribution in [0.4, 0.5) is 0 Å². The zero-order chi connectivity index (χ0) is 25.8. The Morgan fingerprint density at radius 3 is 2.21 bits per heavy atom. The van der Waals surface area contributed by atoms with Crippen LogP contribution in [0.3, 0.4) is 0 Å². The summed E-state index contributed by atoms with van der Waals surface area (Å²) in [6.45, 7) is 4.25. The normalized spacial score (nSPS) is 17.8. The Balaban J connectivity index is 2.92. The molecule has 0 aliphatic carbocycles. The van der Waals surface area contributed by atoms with Gasteiger partial charge in [0.05, 0.1) is 12.5 Å². The Morgan fingerprint density at radius 1 is 1.03 bits per heavy atom. The number of amides is 4. The highest BCUT2D eigenvalue weighted by atomic mass is 16.4. The molecule has 1 heterocycles. The molecule has 0 saturated carbocycles. The molecule has 11 N–H and O–H groups in total. The summed E-state index contributed by atoms with van der Waals surface area (Å²) in [5, 5.41) is 19.8. The average molecular weight is 485 g/mol. The number of aliphatic imine (C=N–C) groups is 1. The van der Waals surface area contributed by atoms with Gasteiger partial charge in [-0.3, -0.25) is 24.2 Å². The maximum Gasteiger partial charge on any atom is 0.326 e. The first kappa shape index (κ1) is 28.6. The second kappa shape index (κ2) is 14.0. The van der Waals surface area contributed by atoms with Gasteiger partial charge in [0.15, 0.2) is 5.96 Å². The summed E-state index contributed by atoms with van der Waals surface area (Å²) in [7, 11) is 0. The van der Waals surface area contributed by atoms with Gasteiger partial charge in [0.2, 0.25) is 23.6 Å². The van der Waals surface area contributed by atoms with E-state index in [1.165, 1.54) is 0 Å². The van der Waals surface area contributed by atoms with Crippen LogP contribution in [0, 0.1) is 5.92 Å². The van der Waals surface area contributed by atoms with Gasteiger partial charge in [0.1, 0.15) is 18.1 Å². The summed E-state index contributed by atoms with van der Waals surface area (Å²) in [5.74, 6) is -4.61. The summed E-state index contributed by atoms with van der Waals surface area (Å²) in [6, 6.07) is -4.04. The van der Waals surface area contributed by atoms with E-state index in [0.717, 1.165) is 6.42 Å². The van der Waals surface area contributed by atoms with E-state index in [9.17, 15) is 29.1 Å². The van der Waals surface area contributed by atoms with E-state index >= 15 is 0 Å². The molecule has 4 unspecified atom stereocenters. The number of carboxylic acids is 1. The fraction of sp³-hybridized carbons (Fsp3) is 0.700. The molecule has 4 amide bonds. The Kier molecular flexibility index (Phi) is 11.8. The number of carboxylic acid groups (broad SMARTS) is 1. The van der Waals surface area contributed by atoms with Crippen molar-refractivity contribution in [2.24, 2.45) is 28.1 Å². The number of carbonyl (C=O) groups excluding carboxylic acids is 4. The van der Waals surface area contributed by atoms with E-state index < -0.39 is 60.2 Å². The van der Waals surface area contributed by atoms with Crippen molar-refractivity contribution in [1.29, 1.82) is 0 Å². The maximum atomic E-state index is 13.0.